The summed E-state index contributed by atoms with van der Waals surface area (Å²) in [6.07, 6.45) is 1.15. The van der Waals surface area contributed by atoms with Crippen LogP contribution >= 0.6 is 11.3 Å². The van der Waals surface area contributed by atoms with Gasteiger partial charge in [-0.2, -0.15) is 0 Å². The number of aryl methyl sites for hydroxylation is 2. The van der Waals surface area contributed by atoms with Crippen LogP contribution < -0.4 is 0 Å². The molecule has 0 saturated heterocycles. The Labute approximate surface area is 54.2 Å². The Morgan fingerprint density at radius 3 is 2.75 bits per heavy atom. The molecule has 0 N–H and O–H groups in total. The molecule has 0 saturated carbocycles. The maximum atomic E-state index is 3.16. The molecule has 8 heavy (non-hydrogen) atoms. The Morgan fingerprint density at radius 1 is 1.75 bits per heavy atom. The first kappa shape index (κ1) is 5.83. The van der Waals surface area contributed by atoms with Gasteiger partial charge >= 0.3 is 0 Å². The summed E-state index contributed by atoms with van der Waals surface area (Å²) in [6, 6.07) is 2.19. The van der Waals surface area contributed by atoms with Gasteiger partial charge in [0.25, 0.3) is 0 Å². The van der Waals surface area contributed by atoms with E-state index in [1.54, 1.807) is 11.3 Å². The van der Waals surface area contributed by atoms with Crippen LogP contribution in [0.3, 0.4) is 0 Å². The van der Waals surface area contributed by atoms with E-state index in [2.05, 4.69) is 25.3 Å². The summed E-state index contributed by atoms with van der Waals surface area (Å²) in [5.41, 5.74) is 1.27. The van der Waals surface area contributed by atoms with Crippen molar-refractivity contribution in [2.24, 2.45) is 0 Å². The molecule has 0 aliphatic heterocycles. The Morgan fingerprint density at radius 2 is 2.50 bits per heavy atom. The predicted octanol–water partition coefficient (Wildman–Crippen LogP) is 2.42. The van der Waals surface area contributed by atoms with Crippen LogP contribution in [-0.4, -0.2) is 0 Å². The molecule has 43 valence electrons. The van der Waals surface area contributed by atoms with E-state index in [0.29, 0.717) is 0 Å². The van der Waals surface area contributed by atoms with E-state index in [4.69, 9.17) is 0 Å². The summed E-state index contributed by atoms with van der Waals surface area (Å²) < 4.78 is 0. The minimum atomic E-state index is 1.15. The number of thiophene rings is 1. The van der Waals surface area contributed by atoms with Gasteiger partial charge in [-0.05, 0) is 25.0 Å². The van der Waals surface area contributed by atoms with Gasteiger partial charge in [-0.15, -0.1) is 11.3 Å². The van der Waals surface area contributed by atoms with Crippen LogP contribution in [0.2, 0.25) is 0 Å². The van der Waals surface area contributed by atoms with E-state index in [1.807, 2.05) is 0 Å². The zero-order valence-corrected chi connectivity index (χ0v) is 6.01. The van der Waals surface area contributed by atoms with Gasteiger partial charge in [0.2, 0.25) is 0 Å². The van der Waals surface area contributed by atoms with Crippen LogP contribution in [0, 0.1) is 12.3 Å². The zero-order chi connectivity index (χ0) is 5.98. The lowest BCUT2D eigenvalue weighted by Gasteiger charge is -1.79. The summed E-state index contributed by atoms with van der Waals surface area (Å²) >= 11 is 1.72. The molecule has 0 fully saturated rings. The largest absolute Gasteiger partial charge is 0.139 e. The van der Waals surface area contributed by atoms with Crippen molar-refractivity contribution in [3.8, 4) is 0 Å². The Balaban J connectivity index is 2.84. The molecule has 0 aliphatic carbocycles. The number of hydrogen-bond acceptors (Lipinski definition) is 1. The maximum absolute atomic E-state index is 3.16. The quantitative estimate of drug-likeness (QED) is 0.540. The maximum Gasteiger partial charge on any atom is 0.0477 e. The second-order valence-electron chi connectivity index (χ2n) is 1.85. The fourth-order valence-electron chi connectivity index (χ4n) is 0.621. The van der Waals surface area contributed by atoms with Crippen molar-refractivity contribution in [1.29, 1.82) is 0 Å². The monoisotopic (exact) mass is 125 g/mol. The fraction of sp³-hybridized carbons (Fsp3) is 0.429. The van der Waals surface area contributed by atoms with Crippen LogP contribution in [0.5, 0.6) is 0 Å². The fourth-order valence-corrected chi connectivity index (χ4v) is 1.35. The van der Waals surface area contributed by atoms with Crippen LogP contribution in [0.1, 0.15) is 17.4 Å². The molecule has 1 heterocycles. The first-order valence-electron chi connectivity index (χ1n) is 2.80. The van der Waals surface area contributed by atoms with Gasteiger partial charge in [-0.3, -0.25) is 0 Å². The van der Waals surface area contributed by atoms with E-state index in [1.165, 1.54) is 10.4 Å². The molecule has 1 aromatic heterocycles. The summed E-state index contributed by atoms with van der Waals surface area (Å²) in [5.74, 6) is 0. The molecule has 0 aromatic carbocycles. The zero-order valence-electron chi connectivity index (χ0n) is 5.19. The number of rotatable bonds is 1. The molecule has 0 unspecified atom stereocenters. The highest BCUT2D eigenvalue weighted by Gasteiger charge is 1.90. The highest BCUT2D eigenvalue weighted by Crippen LogP contribution is 2.12. The Hall–Kier alpha value is -0.300. The van der Waals surface area contributed by atoms with E-state index < -0.39 is 0 Å². The molecule has 1 rings (SSSR count). The molecule has 0 atom stereocenters. The van der Waals surface area contributed by atoms with Gasteiger partial charge in [-0.1, -0.05) is 6.92 Å². The van der Waals surface area contributed by atoms with Gasteiger partial charge in [0.15, 0.2) is 0 Å². The second-order valence-corrected chi connectivity index (χ2v) is 2.78. The number of hydrogen-bond donors (Lipinski definition) is 0. The summed E-state index contributed by atoms with van der Waals surface area (Å²) in [5, 5.41) is 3.16. The SMILES string of the molecule is CCc1cc(C)[c]s1. The van der Waals surface area contributed by atoms with Crippen LogP contribution in [0.25, 0.3) is 0 Å². The summed E-state index contributed by atoms with van der Waals surface area (Å²) in [4.78, 5) is 1.43. The molecule has 0 amide bonds. The molecule has 0 nitrogen and oxygen atoms in total. The van der Waals surface area contributed by atoms with Gasteiger partial charge in [0, 0.05) is 10.3 Å². The van der Waals surface area contributed by atoms with Crippen LogP contribution in [0.4, 0.5) is 0 Å². The molecule has 0 aliphatic rings. The molecule has 0 bridgehead atoms. The van der Waals surface area contributed by atoms with Crippen LogP contribution in [-0.2, 0) is 6.42 Å². The highest BCUT2D eigenvalue weighted by atomic mass is 32.1. The van der Waals surface area contributed by atoms with Gasteiger partial charge < -0.3 is 0 Å². The molecular weight excluding hydrogens is 116 g/mol. The predicted molar refractivity (Wildman–Crippen MR) is 37.3 cm³/mol. The van der Waals surface area contributed by atoms with Gasteiger partial charge in [-0.25, -0.2) is 0 Å². The molecular formula is C7H9S. The van der Waals surface area contributed by atoms with Crippen molar-refractivity contribution in [3.05, 3.63) is 21.9 Å². The molecule has 1 radical (unpaired) electrons. The Bertz CT molecular complexity index is 165. The lowest BCUT2D eigenvalue weighted by Crippen LogP contribution is -1.65. The first-order valence-corrected chi connectivity index (χ1v) is 3.61. The standard InChI is InChI=1S/C7H9S/c1-3-7-4-6(2)5-8-7/h4H,3H2,1-2H3. The third-order valence-corrected chi connectivity index (χ3v) is 2.16. The normalized spacial score (nSPS) is 9.75. The molecule has 1 heteroatoms. The van der Waals surface area contributed by atoms with Crippen molar-refractivity contribution in [1.82, 2.24) is 0 Å². The van der Waals surface area contributed by atoms with Crippen molar-refractivity contribution < 1.29 is 0 Å². The minimum absolute atomic E-state index is 1.15. The third-order valence-electron chi connectivity index (χ3n) is 1.07. The first-order chi connectivity index (χ1) is 3.83. The van der Waals surface area contributed by atoms with Gasteiger partial charge in [0.05, 0.1) is 0 Å². The lowest BCUT2D eigenvalue weighted by atomic mass is 10.3. The van der Waals surface area contributed by atoms with E-state index >= 15 is 0 Å². The second kappa shape index (κ2) is 2.31. The summed E-state index contributed by atoms with van der Waals surface area (Å²) in [6.45, 7) is 4.24. The highest BCUT2D eigenvalue weighted by molar-refractivity contribution is 7.09. The summed E-state index contributed by atoms with van der Waals surface area (Å²) in [7, 11) is 0. The minimum Gasteiger partial charge on any atom is -0.139 e. The smallest absolute Gasteiger partial charge is 0.0477 e. The van der Waals surface area contributed by atoms with Gasteiger partial charge in [0.1, 0.15) is 0 Å². The average molecular weight is 125 g/mol. The van der Waals surface area contributed by atoms with E-state index in [0.717, 1.165) is 6.42 Å². The lowest BCUT2D eigenvalue weighted by molar-refractivity contribution is 1.18. The van der Waals surface area contributed by atoms with Crippen molar-refractivity contribution >= 4 is 11.3 Å². The molecule has 1 aromatic rings. The van der Waals surface area contributed by atoms with E-state index in [9.17, 15) is 0 Å². The third kappa shape index (κ3) is 1.10. The van der Waals surface area contributed by atoms with Crippen molar-refractivity contribution in [2.75, 3.05) is 0 Å². The van der Waals surface area contributed by atoms with Crippen molar-refractivity contribution in [3.63, 3.8) is 0 Å². The van der Waals surface area contributed by atoms with E-state index in [-0.39, 0.29) is 0 Å². The average Bonchev–Trinajstić information content (AvgIpc) is 2.14. The molecule has 0 spiro atoms. The topological polar surface area (TPSA) is 0 Å². The van der Waals surface area contributed by atoms with Crippen molar-refractivity contribution in [2.45, 2.75) is 20.3 Å². The van der Waals surface area contributed by atoms with Crippen LogP contribution in [0.15, 0.2) is 6.07 Å². The Kier molecular flexibility index (Phi) is 1.69.